The maximum atomic E-state index is 12.9. The maximum absolute atomic E-state index is 12.9. The minimum Gasteiger partial charge on any atom is -0.391 e. The molecule has 0 aromatic carbocycles. The van der Waals surface area contributed by atoms with Crippen molar-refractivity contribution < 1.29 is 14.6 Å². The highest BCUT2D eigenvalue weighted by Crippen LogP contribution is 2.24. The molecule has 2 saturated carbocycles. The van der Waals surface area contributed by atoms with E-state index in [1.807, 2.05) is 0 Å². The molecule has 1 unspecified atom stereocenters. The zero-order valence-electron chi connectivity index (χ0n) is 18.3. The second kappa shape index (κ2) is 8.83. The average molecular weight is 454 g/mol. The minimum atomic E-state index is -0.524. The van der Waals surface area contributed by atoms with Crippen molar-refractivity contribution in [1.29, 1.82) is 0 Å². The zero-order chi connectivity index (χ0) is 22.9. The van der Waals surface area contributed by atoms with Gasteiger partial charge < -0.3 is 30.4 Å². The predicted molar refractivity (Wildman–Crippen MR) is 122 cm³/mol. The maximum Gasteiger partial charge on any atom is 0.274 e. The Morgan fingerprint density at radius 1 is 1.30 bits per heavy atom. The van der Waals surface area contributed by atoms with Crippen LogP contribution in [0.25, 0.3) is 5.65 Å². The van der Waals surface area contributed by atoms with E-state index in [9.17, 15) is 14.7 Å². The van der Waals surface area contributed by atoms with Crippen molar-refractivity contribution in [3.05, 3.63) is 46.5 Å². The van der Waals surface area contributed by atoms with Crippen LogP contribution in [0.5, 0.6) is 0 Å². The summed E-state index contributed by atoms with van der Waals surface area (Å²) in [7, 11) is 1.74. The van der Waals surface area contributed by atoms with E-state index in [1.54, 1.807) is 36.0 Å². The second-order valence-corrected chi connectivity index (χ2v) is 8.41. The topological polar surface area (TPSA) is 135 Å². The van der Waals surface area contributed by atoms with Crippen molar-refractivity contribution in [3.63, 3.8) is 0 Å². The van der Waals surface area contributed by atoms with E-state index in [0.717, 1.165) is 19.3 Å². The molecule has 2 aliphatic carbocycles. The normalized spacial score (nSPS) is 19.8. The Balaban J connectivity index is 1.40. The summed E-state index contributed by atoms with van der Waals surface area (Å²) < 4.78 is 8.78. The first-order chi connectivity index (χ1) is 16.0. The van der Waals surface area contributed by atoms with Crippen LogP contribution < -0.4 is 21.5 Å². The van der Waals surface area contributed by atoms with Crippen LogP contribution in [0.15, 0.2) is 35.4 Å². The number of fused-ring (bicyclic) bond motifs is 1. The molecule has 0 radical (unpaired) electrons. The summed E-state index contributed by atoms with van der Waals surface area (Å²) in [4.78, 5) is 30.2. The number of nitrogens with zero attached hydrogens (tertiary/aromatic N) is 4. The van der Waals surface area contributed by atoms with E-state index in [0.29, 0.717) is 48.6 Å². The SMILES string of the molecule is CNc1cc(Nc2cccn(CCOC3CC3)c2=O)nc2c(C(=O)NC3CC[C@H]3O)cnn12. The molecule has 33 heavy (non-hydrogen) atoms. The number of nitrogens with one attached hydrogen (secondary N) is 3. The number of ether oxygens (including phenoxy) is 1. The molecule has 11 nitrogen and oxygen atoms in total. The molecule has 11 heteroatoms. The van der Waals surface area contributed by atoms with Crippen LogP contribution in [0.4, 0.5) is 17.3 Å². The number of aliphatic hydroxyl groups is 1. The van der Waals surface area contributed by atoms with Gasteiger partial charge in [0.15, 0.2) is 5.65 Å². The Hall–Kier alpha value is -3.44. The standard InChI is InChI=1S/C22H27N7O4/c1-23-19-11-18(25-16-3-2-8-28(22(16)32)9-10-33-13-4-5-13)27-20-14(12-24-29(19)20)21(31)26-15-6-7-17(15)30/h2-3,8,11-13,15,17,23,30H,4-7,9-10H2,1H3,(H,25,27)(H,26,31)/t15?,17-/m1/s1. The number of carbonyl (C=O) groups excluding carboxylic acids is 1. The van der Waals surface area contributed by atoms with Gasteiger partial charge in [0.25, 0.3) is 11.5 Å². The largest absolute Gasteiger partial charge is 0.391 e. The van der Waals surface area contributed by atoms with Crippen molar-refractivity contribution in [1.82, 2.24) is 24.5 Å². The van der Waals surface area contributed by atoms with Crippen LogP contribution in [0.3, 0.4) is 0 Å². The van der Waals surface area contributed by atoms with E-state index < -0.39 is 6.10 Å². The number of hydrogen-bond donors (Lipinski definition) is 4. The predicted octanol–water partition coefficient (Wildman–Crippen LogP) is 1.11. The zero-order valence-corrected chi connectivity index (χ0v) is 18.3. The van der Waals surface area contributed by atoms with Gasteiger partial charge in [-0.15, -0.1) is 0 Å². The van der Waals surface area contributed by atoms with Gasteiger partial charge in [-0.25, -0.2) is 4.98 Å². The van der Waals surface area contributed by atoms with Gasteiger partial charge in [-0.3, -0.25) is 9.59 Å². The number of aliphatic hydroxyl groups excluding tert-OH is 1. The summed E-state index contributed by atoms with van der Waals surface area (Å²) in [6.45, 7) is 0.963. The molecule has 0 saturated heterocycles. The van der Waals surface area contributed by atoms with Gasteiger partial charge in [0.05, 0.1) is 31.1 Å². The second-order valence-electron chi connectivity index (χ2n) is 8.41. The van der Waals surface area contributed by atoms with Crippen LogP contribution >= 0.6 is 0 Å². The number of carbonyl (C=O) groups is 1. The molecule has 5 rings (SSSR count). The molecule has 3 aromatic heterocycles. The molecule has 2 atom stereocenters. The Kier molecular flexibility index (Phi) is 5.73. The fourth-order valence-corrected chi connectivity index (χ4v) is 3.76. The molecule has 2 aliphatic rings. The van der Waals surface area contributed by atoms with E-state index in [2.05, 4.69) is 26.0 Å². The van der Waals surface area contributed by atoms with Gasteiger partial charge in [-0.05, 0) is 37.8 Å². The summed E-state index contributed by atoms with van der Waals surface area (Å²) in [6.07, 6.45) is 6.59. The molecule has 1 amide bonds. The van der Waals surface area contributed by atoms with Gasteiger partial charge in [-0.1, -0.05) is 0 Å². The summed E-state index contributed by atoms with van der Waals surface area (Å²) in [5, 5.41) is 23.0. The van der Waals surface area contributed by atoms with Crippen LogP contribution in [-0.2, 0) is 11.3 Å². The van der Waals surface area contributed by atoms with Crippen LogP contribution in [0, 0.1) is 0 Å². The van der Waals surface area contributed by atoms with Gasteiger partial charge in [0.2, 0.25) is 0 Å². The van der Waals surface area contributed by atoms with E-state index in [-0.39, 0.29) is 23.1 Å². The number of rotatable bonds is 9. The number of pyridine rings is 1. The van der Waals surface area contributed by atoms with Gasteiger partial charge in [-0.2, -0.15) is 9.61 Å². The van der Waals surface area contributed by atoms with Gasteiger partial charge >= 0.3 is 0 Å². The van der Waals surface area contributed by atoms with Crippen molar-refractivity contribution in [2.24, 2.45) is 0 Å². The lowest BCUT2D eigenvalue weighted by Gasteiger charge is -2.32. The first kappa shape index (κ1) is 21.4. The Morgan fingerprint density at radius 3 is 2.85 bits per heavy atom. The summed E-state index contributed by atoms with van der Waals surface area (Å²) >= 11 is 0. The summed E-state index contributed by atoms with van der Waals surface area (Å²) in [6, 6.07) is 4.93. The van der Waals surface area contributed by atoms with Crippen molar-refractivity contribution >= 4 is 28.9 Å². The Bertz CT molecular complexity index is 1230. The number of hydrogen-bond acceptors (Lipinski definition) is 8. The van der Waals surface area contributed by atoms with E-state index in [1.165, 1.54) is 10.7 Å². The fraction of sp³-hybridized carbons (Fsp3) is 0.455. The molecule has 174 valence electrons. The fourth-order valence-electron chi connectivity index (χ4n) is 3.76. The number of amides is 1. The highest BCUT2D eigenvalue weighted by Gasteiger charge is 2.31. The van der Waals surface area contributed by atoms with Crippen LogP contribution in [0.2, 0.25) is 0 Å². The van der Waals surface area contributed by atoms with Gasteiger partial charge in [0.1, 0.15) is 22.9 Å². The van der Waals surface area contributed by atoms with Crippen LogP contribution in [-0.4, -0.2) is 62.1 Å². The minimum absolute atomic E-state index is 0.185. The molecular formula is C22H27N7O4. The number of anilines is 3. The lowest BCUT2D eigenvalue weighted by molar-refractivity contribution is 0.0448. The highest BCUT2D eigenvalue weighted by molar-refractivity contribution is 6.00. The molecule has 3 aromatic rings. The molecular weight excluding hydrogens is 426 g/mol. The van der Waals surface area contributed by atoms with Crippen molar-refractivity contribution in [3.8, 4) is 0 Å². The Morgan fingerprint density at radius 2 is 2.15 bits per heavy atom. The third kappa shape index (κ3) is 4.41. The Labute approximate surface area is 189 Å². The van der Waals surface area contributed by atoms with Crippen molar-refractivity contribution in [2.45, 2.75) is 50.5 Å². The quantitative estimate of drug-likeness (QED) is 0.378. The first-order valence-corrected chi connectivity index (χ1v) is 11.2. The van der Waals surface area contributed by atoms with Gasteiger partial charge in [0, 0.05) is 25.9 Å². The summed E-state index contributed by atoms with van der Waals surface area (Å²) in [5.41, 5.74) is 0.808. The molecule has 3 heterocycles. The smallest absolute Gasteiger partial charge is 0.274 e. The molecule has 4 N–H and O–H groups in total. The lowest BCUT2D eigenvalue weighted by Crippen LogP contribution is -2.50. The lowest BCUT2D eigenvalue weighted by atomic mass is 9.89. The molecule has 0 bridgehead atoms. The molecule has 2 fully saturated rings. The first-order valence-electron chi connectivity index (χ1n) is 11.2. The average Bonchev–Trinajstić information content (AvgIpc) is 3.54. The van der Waals surface area contributed by atoms with Crippen LogP contribution in [0.1, 0.15) is 36.0 Å². The van der Waals surface area contributed by atoms with E-state index in [4.69, 9.17) is 4.74 Å². The summed E-state index contributed by atoms with van der Waals surface area (Å²) in [5.74, 6) is 0.645. The molecule has 0 spiro atoms. The van der Waals surface area contributed by atoms with E-state index >= 15 is 0 Å². The third-order valence-electron chi connectivity index (χ3n) is 6.02. The van der Waals surface area contributed by atoms with Crippen molar-refractivity contribution in [2.75, 3.05) is 24.3 Å². The highest BCUT2D eigenvalue weighted by atomic mass is 16.5. The molecule has 0 aliphatic heterocycles. The monoisotopic (exact) mass is 453 g/mol. The third-order valence-corrected chi connectivity index (χ3v) is 6.02. The number of aromatic nitrogens is 4.